The molecule has 2 aromatic rings. The van der Waals surface area contributed by atoms with E-state index in [1.807, 2.05) is 30.3 Å². The Morgan fingerprint density at radius 3 is 2.50 bits per heavy atom. The molecule has 0 spiro atoms. The molecule has 34 heavy (non-hydrogen) atoms. The molecule has 0 aliphatic heterocycles. The van der Waals surface area contributed by atoms with E-state index in [-0.39, 0.29) is 36.5 Å². The molecule has 174 valence electrons. The molecule has 4 atom stereocenters. The molecule has 5 rings (SSSR count). The highest BCUT2D eigenvalue weighted by atomic mass is 16.5. The summed E-state index contributed by atoms with van der Waals surface area (Å²) in [6.45, 7) is 0.0799. The maximum atomic E-state index is 13.5. The van der Waals surface area contributed by atoms with Crippen LogP contribution in [0.3, 0.4) is 0 Å². The molecule has 3 aliphatic carbocycles. The zero-order chi connectivity index (χ0) is 24.2. The summed E-state index contributed by atoms with van der Waals surface area (Å²) in [6, 6.07) is 13.8. The van der Waals surface area contributed by atoms with Crippen LogP contribution in [0.15, 0.2) is 59.9 Å². The molecule has 8 heteroatoms. The van der Waals surface area contributed by atoms with Gasteiger partial charge in [-0.25, -0.2) is 0 Å². The molecule has 1 saturated carbocycles. The normalized spacial score (nSPS) is 28.1. The first-order valence-electron chi connectivity index (χ1n) is 11.1. The van der Waals surface area contributed by atoms with Crippen molar-refractivity contribution in [1.29, 1.82) is 0 Å². The van der Waals surface area contributed by atoms with Crippen molar-refractivity contribution in [1.82, 2.24) is 0 Å². The van der Waals surface area contributed by atoms with Gasteiger partial charge >= 0.3 is 0 Å². The Morgan fingerprint density at radius 1 is 1.06 bits per heavy atom. The van der Waals surface area contributed by atoms with Gasteiger partial charge in [-0.05, 0) is 36.0 Å². The Bertz CT molecular complexity index is 1270. The van der Waals surface area contributed by atoms with Crippen molar-refractivity contribution in [2.45, 2.75) is 31.5 Å². The molecule has 0 radical (unpaired) electrons. The second-order valence-electron chi connectivity index (χ2n) is 9.15. The van der Waals surface area contributed by atoms with Gasteiger partial charge in [-0.15, -0.1) is 0 Å². The summed E-state index contributed by atoms with van der Waals surface area (Å²) < 4.78 is 5.81. The van der Waals surface area contributed by atoms with Gasteiger partial charge in [0, 0.05) is 12.3 Å². The van der Waals surface area contributed by atoms with Crippen molar-refractivity contribution in [2.24, 2.45) is 23.5 Å². The molecule has 3 aliphatic rings. The van der Waals surface area contributed by atoms with Crippen LogP contribution in [0.2, 0.25) is 0 Å². The van der Waals surface area contributed by atoms with Gasteiger partial charge in [0.2, 0.25) is 5.78 Å². The maximum Gasteiger partial charge on any atom is 0.255 e. The first-order chi connectivity index (χ1) is 16.2. The molecule has 1 fully saturated rings. The van der Waals surface area contributed by atoms with E-state index in [0.29, 0.717) is 12.0 Å². The number of nitrogens with two attached hydrogens (primary N) is 1. The summed E-state index contributed by atoms with van der Waals surface area (Å²) >= 11 is 0. The molecule has 1 unspecified atom stereocenters. The Hall–Kier alpha value is -3.78. The van der Waals surface area contributed by atoms with Crippen molar-refractivity contribution in [3.63, 3.8) is 0 Å². The number of phenolic OH excluding ortho intramolecular Hbond substituents is 1. The Morgan fingerprint density at radius 2 is 1.79 bits per heavy atom. The molecule has 0 heterocycles. The minimum Gasteiger partial charge on any atom is -0.507 e. The zero-order valence-electron chi connectivity index (χ0n) is 18.2. The number of rotatable bonds is 4. The molecule has 8 nitrogen and oxygen atoms in total. The van der Waals surface area contributed by atoms with Crippen molar-refractivity contribution < 1.29 is 34.1 Å². The van der Waals surface area contributed by atoms with Gasteiger partial charge in [-0.2, -0.15) is 0 Å². The van der Waals surface area contributed by atoms with Gasteiger partial charge in [0.15, 0.2) is 17.2 Å². The number of ether oxygens (including phenoxy) is 1. The Kier molecular flexibility index (Phi) is 5.13. The molecule has 0 saturated heterocycles. The Balaban J connectivity index is 1.52. The van der Waals surface area contributed by atoms with Crippen LogP contribution < -0.4 is 5.73 Å². The van der Waals surface area contributed by atoms with Gasteiger partial charge in [0.25, 0.3) is 5.91 Å². The van der Waals surface area contributed by atoms with Crippen LogP contribution in [0.1, 0.15) is 34.3 Å². The first-order valence-corrected chi connectivity index (χ1v) is 11.1. The summed E-state index contributed by atoms with van der Waals surface area (Å²) in [4.78, 5) is 52.3. The van der Waals surface area contributed by atoms with Crippen LogP contribution in [0.4, 0.5) is 0 Å². The maximum absolute atomic E-state index is 13.5. The number of phenols is 1. The van der Waals surface area contributed by atoms with Crippen LogP contribution in [-0.2, 0) is 32.1 Å². The van der Waals surface area contributed by atoms with E-state index in [4.69, 9.17) is 10.5 Å². The minimum absolute atomic E-state index is 0.0383. The highest BCUT2D eigenvalue weighted by Gasteiger charge is 2.64. The van der Waals surface area contributed by atoms with Gasteiger partial charge < -0.3 is 20.7 Å². The van der Waals surface area contributed by atoms with Crippen molar-refractivity contribution in [2.75, 3.05) is 0 Å². The smallest absolute Gasteiger partial charge is 0.255 e. The van der Waals surface area contributed by atoms with Crippen LogP contribution in [0, 0.1) is 17.8 Å². The number of fused-ring (bicyclic) bond motifs is 3. The molecule has 0 bridgehead atoms. The fraction of sp³-hybridized carbons (Fsp3) is 0.308. The lowest BCUT2D eigenvalue weighted by Crippen LogP contribution is -2.65. The number of Topliss-reactive ketones (excluding diaryl/α,β-unsaturated/α-hetero) is 3. The van der Waals surface area contributed by atoms with Gasteiger partial charge in [0.05, 0.1) is 11.5 Å². The highest BCUT2D eigenvalue weighted by molar-refractivity contribution is 6.32. The lowest BCUT2D eigenvalue weighted by molar-refractivity contribution is -0.166. The summed E-state index contributed by atoms with van der Waals surface area (Å²) in [7, 11) is 0. The summed E-state index contributed by atoms with van der Waals surface area (Å²) in [5.74, 6) is -6.59. The number of carbonyl (C=O) groups excluding carboxylic acids is 4. The molecule has 0 aromatic heterocycles. The fourth-order valence-corrected chi connectivity index (χ4v) is 5.63. The van der Waals surface area contributed by atoms with E-state index >= 15 is 0 Å². The van der Waals surface area contributed by atoms with Gasteiger partial charge in [0.1, 0.15) is 23.7 Å². The number of benzene rings is 2. The second kappa shape index (κ2) is 7.92. The average Bonchev–Trinajstić information content (AvgIpc) is 2.80. The number of primary amides is 1. The average molecular weight is 461 g/mol. The zero-order valence-corrected chi connectivity index (χ0v) is 18.2. The predicted molar refractivity (Wildman–Crippen MR) is 118 cm³/mol. The second-order valence-corrected chi connectivity index (χ2v) is 9.15. The number of hydrogen-bond donors (Lipinski definition) is 3. The molecule has 1 amide bonds. The van der Waals surface area contributed by atoms with Crippen LogP contribution in [0.25, 0.3) is 0 Å². The predicted octanol–water partition coefficient (Wildman–Crippen LogP) is 1.61. The SMILES string of the molecule is NC(=O)C1=C(OCc2ccccc2)C[C@@H]2C[C@@H]3Cc4cccc(O)c4C(=O)C3C(=O)[C@]2(O)C1=O. The van der Waals surface area contributed by atoms with Crippen molar-refractivity contribution in [3.8, 4) is 5.75 Å². The third-order valence-corrected chi connectivity index (χ3v) is 7.23. The number of ketones is 3. The first kappa shape index (κ1) is 22.0. The third kappa shape index (κ3) is 3.17. The quantitative estimate of drug-likeness (QED) is 0.463. The van der Waals surface area contributed by atoms with Crippen LogP contribution >= 0.6 is 0 Å². The number of hydrogen-bond acceptors (Lipinski definition) is 7. The Labute approximate surface area is 195 Å². The number of aliphatic hydroxyl groups is 1. The van der Waals surface area contributed by atoms with Crippen molar-refractivity contribution in [3.05, 3.63) is 76.6 Å². The molecule has 2 aromatic carbocycles. The lowest BCUT2D eigenvalue weighted by atomic mass is 9.55. The lowest BCUT2D eigenvalue weighted by Gasteiger charge is -2.48. The molecular weight excluding hydrogens is 438 g/mol. The monoisotopic (exact) mass is 461 g/mol. The number of amides is 1. The van der Waals surface area contributed by atoms with Crippen LogP contribution in [-0.4, -0.2) is 39.1 Å². The molecular formula is C26H23NO7. The van der Waals surface area contributed by atoms with Crippen LogP contribution in [0.5, 0.6) is 5.75 Å². The van der Waals surface area contributed by atoms with E-state index in [9.17, 15) is 29.4 Å². The van der Waals surface area contributed by atoms with E-state index in [2.05, 4.69) is 0 Å². The number of carbonyl (C=O) groups is 4. The van der Waals surface area contributed by atoms with E-state index in [1.165, 1.54) is 6.07 Å². The summed E-state index contributed by atoms with van der Waals surface area (Å²) in [5, 5.41) is 21.6. The highest BCUT2D eigenvalue weighted by Crippen LogP contribution is 2.50. The summed E-state index contributed by atoms with van der Waals surface area (Å²) in [6.07, 6.45) is 0.506. The minimum atomic E-state index is -2.55. The topological polar surface area (TPSA) is 144 Å². The largest absolute Gasteiger partial charge is 0.507 e. The van der Waals surface area contributed by atoms with Gasteiger partial charge in [-0.1, -0.05) is 42.5 Å². The number of aromatic hydroxyl groups is 1. The number of allylic oxidation sites excluding steroid dienone is 1. The fourth-order valence-electron chi connectivity index (χ4n) is 5.63. The van der Waals surface area contributed by atoms with Crippen molar-refractivity contribution >= 4 is 23.3 Å². The molecule has 4 N–H and O–H groups in total. The van der Waals surface area contributed by atoms with Gasteiger partial charge in [-0.3, -0.25) is 19.2 Å². The van der Waals surface area contributed by atoms with E-state index in [1.54, 1.807) is 12.1 Å². The standard InChI is InChI=1S/C26H23NO7/c27-25(32)21-18(34-12-13-5-2-1-3-6-13)11-16-10-15-9-14-7-4-8-17(28)19(14)22(29)20(15)23(30)26(16,33)24(21)31/h1-8,15-16,20,28,33H,9-12H2,(H2,27,32)/t15-,16-,20?,26-/m0/s1. The summed E-state index contributed by atoms with van der Waals surface area (Å²) in [5.41, 5.74) is 3.84. The third-order valence-electron chi connectivity index (χ3n) is 7.23. The van der Waals surface area contributed by atoms with E-state index in [0.717, 1.165) is 5.56 Å². The van der Waals surface area contributed by atoms with E-state index < -0.39 is 52.2 Å².